The van der Waals surface area contributed by atoms with E-state index in [2.05, 4.69) is 47.8 Å². The van der Waals surface area contributed by atoms with E-state index in [9.17, 15) is 4.79 Å². The molecule has 0 unspecified atom stereocenters. The van der Waals surface area contributed by atoms with Gasteiger partial charge in [0.1, 0.15) is 5.75 Å². The summed E-state index contributed by atoms with van der Waals surface area (Å²) >= 11 is 0. The Hall–Kier alpha value is -2.85. The molecule has 1 amide bonds. The first kappa shape index (κ1) is 17.6. The number of amides is 1. The lowest BCUT2D eigenvalue weighted by molar-refractivity contribution is -0.117. The number of benzene rings is 3. The third-order valence-corrected chi connectivity index (χ3v) is 5.09. The van der Waals surface area contributed by atoms with Crippen molar-refractivity contribution in [1.82, 2.24) is 5.32 Å². The first-order valence-corrected chi connectivity index (χ1v) is 9.40. The van der Waals surface area contributed by atoms with Gasteiger partial charge in [0.2, 0.25) is 5.91 Å². The monoisotopic (exact) mass is 360 g/mol. The van der Waals surface area contributed by atoms with Crippen LogP contribution in [0.25, 0.3) is 10.8 Å². The number of carbonyl (C=O) groups excluding carboxylic acids is 1. The zero-order chi connectivity index (χ0) is 18.6. The maximum absolute atomic E-state index is 11.8. The second-order valence-electron chi connectivity index (χ2n) is 6.97. The summed E-state index contributed by atoms with van der Waals surface area (Å²) in [5.41, 5.74) is 3.48. The summed E-state index contributed by atoms with van der Waals surface area (Å²) in [6.07, 6.45) is 1.63. The lowest BCUT2D eigenvalue weighted by atomic mass is 10.1. The van der Waals surface area contributed by atoms with Crippen molar-refractivity contribution < 1.29 is 9.53 Å². The van der Waals surface area contributed by atoms with Crippen LogP contribution in [0.15, 0.2) is 60.7 Å². The predicted octanol–water partition coefficient (Wildman–Crippen LogP) is 4.27. The van der Waals surface area contributed by atoms with E-state index in [0.717, 1.165) is 37.5 Å². The molecular formula is C23H24N2O2. The van der Waals surface area contributed by atoms with Crippen molar-refractivity contribution in [3.05, 3.63) is 71.8 Å². The van der Waals surface area contributed by atoms with Gasteiger partial charge in [-0.15, -0.1) is 0 Å². The molecule has 1 saturated heterocycles. The quantitative estimate of drug-likeness (QED) is 0.714. The van der Waals surface area contributed by atoms with E-state index in [1.54, 1.807) is 7.11 Å². The van der Waals surface area contributed by atoms with E-state index < -0.39 is 0 Å². The molecule has 1 fully saturated rings. The topological polar surface area (TPSA) is 41.6 Å². The van der Waals surface area contributed by atoms with Crippen LogP contribution in [0.5, 0.6) is 5.75 Å². The van der Waals surface area contributed by atoms with Gasteiger partial charge in [0.25, 0.3) is 0 Å². The third kappa shape index (κ3) is 3.96. The fraction of sp³-hybridized carbons (Fsp3) is 0.261. The number of fused-ring (bicyclic) bond motifs is 1. The molecule has 4 heteroatoms. The van der Waals surface area contributed by atoms with Gasteiger partial charge in [-0.3, -0.25) is 4.79 Å². The standard InChI is InChI=1S/C23H24N2O2/c1-27-22-11-8-19-13-18(4-7-20(19)14-22)16-24-15-17-5-9-21(10-6-17)25-12-2-3-23(25)26/h4-11,13-14,24H,2-3,12,15-16H2,1H3. The molecular weight excluding hydrogens is 336 g/mol. The Balaban J connectivity index is 1.35. The van der Waals surface area contributed by atoms with Gasteiger partial charge in [-0.05, 0) is 58.7 Å². The molecule has 3 aromatic rings. The van der Waals surface area contributed by atoms with E-state index in [4.69, 9.17) is 4.74 Å². The van der Waals surface area contributed by atoms with Crippen LogP contribution in [0.3, 0.4) is 0 Å². The zero-order valence-electron chi connectivity index (χ0n) is 15.6. The third-order valence-electron chi connectivity index (χ3n) is 5.09. The molecule has 4 rings (SSSR count). The number of nitrogens with zero attached hydrogens (tertiary/aromatic N) is 1. The Kier molecular flexibility index (Phi) is 5.07. The van der Waals surface area contributed by atoms with E-state index in [0.29, 0.717) is 6.42 Å². The Morgan fingerprint density at radius 1 is 0.926 bits per heavy atom. The molecule has 4 nitrogen and oxygen atoms in total. The van der Waals surface area contributed by atoms with Gasteiger partial charge in [0.05, 0.1) is 7.11 Å². The Bertz CT molecular complexity index is 950. The summed E-state index contributed by atoms with van der Waals surface area (Å²) in [5, 5.41) is 5.90. The fourth-order valence-corrected chi connectivity index (χ4v) is 3.58. The molecule has 0 aliphatic carbocycles. The minimum Gasteiger partial charge on any atom is -0.497 e. The lowest BCUT2D eigenvalue weighted by Gasteiger charge is -2.16. The van der Waals surface area contributed by atoms with Crippen LogP contribution in [0, 0.1) is 0 Å². The van der Waals surface area contributed by atoms with Crippen LogP contribution in [-0.2, 0) is 17.9 Å². The van der Waals surface area contributed by atoms with E-state index in [-0.39, 0.29) is 5.91 Å². The van der Waals surface area contributed by atoms with Crippen molar-refractivity contribution in [3.8, 4) is 5.75 Å². The Morgan fingerprint density at radius 2 is 1.63 bits per heavy atom. The number of rotatable bonds is 6. The largest absolute Gasteiger partial charge is 0.497 e. The zero-order valence-corrected chi connectivity index (χ0v) is 15.6. The number of carbonyl (C=O) groups is 1. The first-order valence-electron chi connectivity index (χ1n) is 9.40. The van der Waals surface area contributed by atoms with E-state index in [1.807, 2.05) is 23.1 Å². The van der Waals surface area contributed by atoms with E-state index >= 15 is 0 Å². The van der Waals surface area contributed by atoms with Crippen molar-refractivity contribution in [3.63, 3.8) is 0 Å². The molecule has 1 aliphatic rings. The molecule has 0 aromatic heterocycles. The van der Waals surface area contributed by atoms with Crippen molar-refractivity contribution in [2.45, 2.75) is 25.9 Å². The summed E-state index contributed by atoms with van der Waals surface area (Å²) in [6, 6.07) is 20.9. The highest BCUT2D eigenvalue weighted by Crippen LogP contribution is 2.23. The molecule has 0 atom stereocenters. The van der Waals surface area contributed by atoms with Crippen LogP contribution < -0.4 is 15.0 Å². The maximum atomic E-state index is 11.8. The van der Waals surface area contributed by atoms with E-state index in [1.165, 1.54) is 21.9 Å². The molecule has 27 heavy (non-hydrogen) atoms. The molecule has 0 bridgehead atoms. The Morgan fingerprint density at radius 3 is 2.37 bits per heavy atom. The number of hydrogen-bond acceptors (Lipinski definition) is 3. The summed E-state index contributed by atoms with van der Waals surface area (Å²) < 4.78 is 5.28. The van der Waals surface area contributed by atoms with Crippen LogP contribution >= 0.6 is 0 Å². The van der Waals surface area contributed by atoms with Crippen molar-refractivity contribution in [2.24, 2.45) is 0 Å². The Labute approximate surface area is 159 Å². The van der Waals surface area contributed by atoms with Gasteiger partial charge >= 0.3 is 0 Å². The van der Waals surface area contributed by atoms with Crippen LogP contribution in [0.1, 0.15) is 24.0 Å². The van der Waals surface area contributed by atoms with Gasteiger partial charge in [-0.2, -0.15) is 0 Å². The van der Waals surface area contributed by atoms with Gasteiger partial charge in [-0.1, -0.05) is 30.3 Å². The molecule has 1 aliphatic heterocycles. The second-order valence-corrected chi connectivity index (χ2v) is 6.97. The molecule has 0 radical (unpaired) electrons. The highest BCUT2D eigenvalue weighted by molar-refractivity contribution is 5.95. The summed E-state index contributed by atoms with van der Waals surface area (Å²) in [4.78, 5) is 13.7. The molecule has 0 spiro atoms. The second kappa shape index (κ2) is 7.80. The molecule has 1 N–H and O–H groups in total. The number of methoxy groups -OCH3 is 1. The first-order chi connectivity index (χ1) is 13.2. The van der Waals surface area contributed by atoms with Crippen LogP contribution in [0.4, 0.5) is 5.69 Å². The molecule has 0 saturated carbocycles. The number of hydrogen-bond donors (Lipinski definition) is 1. The molecule has 1 heterocycles. The van der Waals surface area contributed by atoms with Gasteiger partial charge < -0.3 is 15.0 Å². The fourth-order valence-electron chi connectivity index (χ4n) is 3.58. The summed E-state index contributed by atoms with van der Waals surface area (Å²) in [7, 11) is 1.69. The van der Waals surface area contributed by atoms with Crippen LogP contribution in [-0.4, -0.2) is 19.6 Å². The van der Waals surface area contributed by atoms with Gasteiger partial charge in [-0.25, -0.2) is 0 Å². The average molecular weight is 360 g/mol. The lowest BCUT2D eigenvalue weighted by Crippen LogP contribution is -2.23. The molecule has 138 valence electrons. The van der Waals surface area contributed by atoms with Crippen LogP contribution in [0.2, 0.25) is 0 Å². The van der Waals surface area contributed by atoms with Crippen molar-refractivity contribution >= 4 is 22.4 Å². The summed E-state index contributed by atoms with van der Waals surface area (Å²) in [5.74, 6) is 1.11. The minimum atomic E-state index is 0.231. The van der Waals surface area contributed by atoms with Crippen molar-refractivity contribution in [1.29, 1.82) is 0 Å². The SMILES string of the molecule is COc1ccc2cc(CNCc3ccc(N4CCCC4=O)cc3)ccc2c1. The minimum absolute atomic E-state index is 0.231. The van der Waals surface area contributed by atoms with Crippen molar-refractivity contribution in [2.75, 3.05) is 18.6 Å². The van der Waals surface area contributed by atoms with Gasteiger partial charge in [0, 0.05) is 31.7 Å². The smallest absolute Gasteiger partial charge is 0.227 e. The average Bonchev–Trinajstić information content (AvgIpc) is 3.14. The normalized spacial score (nSPS) is 14.1. The van der Waals surface area contributed by atoms with Gasteiger partial charge in [0.15, 0.2) is 0 Å². The predicted molar refractivity (Wildman–Crippen MR) is 109 cm³/mol. The highest BCUT2D eigenvalue weighted by atomic mass is 16.5. The molecule has 3 aromatic carbocycles. The number of ether oxygens (including phenoxy) is 1. The summed E-state index contributed by atoms with van der Waals surface area (Å²) in [6.45, 7) is 2.45. The number of nitrogens with one attached hydrogen (secondary N) is 1. The number of anilines is 1. The highest BCUT2D eigenvalue weighted by Gasteiger charge is 2.21. The maximum Gasteiger partial charge on any atom is 0.227 e.